The maximum Gasteiger partial charge on any atom is 0.224 e. The highest BCUT2D eigenvalue weighted by molar-refractivity contribution is 9.10. The molecule has 2 aliphatic rings. The molecule has 1 saturated carbocycles. The molecule has 1 fully saturated rings. The molecule has 1 N–H and O–H groups in total. The van der Waals surface area contributed by atoms with Gasteiger partial charge in [0.1, 0.15) is 5.82 Å². The Morgan fingerprint density at radius 1 is 1.25 bits per heavy atom. The summed E-state index contributed by atoms with van der Waals surface area (Å²) < 4.78 is 14.6. The Hall–Kier alpha value is -1.33. The molecule has 2 aromatic carbocycles. The fraction of sp³-hybridized carbons (Fsp3) is 0.316. The van der Waals surface area contributed by atoms with Crippen molar-refractivity contribution in [3.63, 3.8) is 0 Å². The molecule has 0 radical (unpaired) electrons. The van der Waals surface area contributed by atoms with Crippen LogP contribution >= 0.6 is 27.7 Å². The molecule has 5 heteroatoms. The molecule has 0 spiro atoms. The Morgan fingerprint density at radius 2 is 2.12 bits per heavy atom. The molecule has 2 aromatic rings. The van der Waals surface area contributed by atoms with Gasteiger partial charge in [-0.2, -0.15) is 0 Å². The van der Waals surface area contributed by atoms with Crippen molar-refractivity contribution >= 4 is 33.6 Å². The lowest BCUT2D eigenvalue weighted by Gasteiger charge is -2.26. The first kappa shape index (κ1) is 16.2. The van der Waals surface area contributed by atoms with Gasteiger partial charge < -0.3 is 5.32 Å². The van der Waals surface area contributed by atoms with Crippen molar-refractivity contribution in [1.29, 1.82) is 0 Å². The highest BCUT2D eigenvalue weighted by Gasteiger charge is 2.44. The number of benzene rings is 2. The molecule has 3 unspecified atom stereocenters. The Kier molecular flexibility index (Phi) is 4.39. The van der Waals surface area contributed by atoms with Crippen LogP contribution in [0, 0.1) is 11.7 Å². The number of rotatable bonds is 3. The van der Waals surface area contributed by atoms with E-state index in [2.05, 4.69) is 33.4 Å². The first-order valence-corrected chi connectivity index (χ1v) is 9.88. The summed E-state index contributed by atoms with van der Waals surface area (Å²) in [6, 6.07) is 12.9. The molecule has 0 saturated heterocycles. The largest absolute Gasteiger partial charge is 0.349 e. The van der Waals surface area contributed by atoms with E-state index in [-0.39, 0.29) is 23.7 Å². The van der Waals surface area contributed by atoms with Gasteiger partial charge in [-0.3, -0.25) is 4.79 Å². The smallest absolute Gasteiger partial charge is 0.224 e. The van der Waals surface area contributed by atoms with E-state index in [4.69, 9.17) is 0 Å². The minimum absolute atomic E-state index is 0.0332. The molecule has 3 atom stereocenters. The van der Waals surface area contributed by atoms with Crippen LogP contribution in [0.2, 0.25) is 0 Å². The predicted octanol–water partition coefficient (Wildman–Crippen LogP) is 5.05. The molecule has 1 heterocycles. The molecule has 1 amide bonds. The third-order valence-electron chi connectivity index (χ3n) is 4.73. The fourth-order valence-corrected chi connectivity index (χ4v) is 4.91. The van der Waals surface area contributed by atoms with E-state index in [1.54, 1.807) is 17.8 Å². The first-order valence-electron chi connectivity index (χ1n) is 8.10. The number of thioether (sulfide) groups is 1. The second-order valence-corrected chi connectivity index (χ2v) is 8.44. The summed E-state index contributed by atoms with van der Waals surface area (Å²) >= 11 is 5.21. The quantitative estimate of drug-likeness (QED) is 0.774. The molecule has 4 rings (SSSR count). The Morgan fingerprint density at radius 3 is 2.96 bits per heavy atom. The van der Waals surface area contributed by atoms with Gasteiger partial charge in [0.15, 0.2) is 0 Å². The van der Waals surface area contributed by atoms with Gasteiger partial charge in [-0.05, 0) is 60.2 Å². The van der Waals surface area contributed by atoms with Crippen LogP contribution in [0.1, 0.15) is 35.9 Å². The summed E-state index contributed by atoms with van der Waals surface area (Å²) in [6.45, 7) is 0. The van der Waals surface area contributed by atoms with Crippen molar-refractivity contribution in [2.75, 3.05) is 5.75 Å². The topological polar surface area (TPSA) is 29.1 Å². The number of halogens is 2. The fourth-order valence-electron chi connectivity index (χ4n) is 3.38. The van der Waals surface area contributed by atoms with E-state index >= 15 is 0 Å². The lowest BCUT2D eigenvalue weighted by Crippen LogP contribution is -2.32. The highest BCUT2D eigenvalue weighted by Crippen LogP contribution is 2.48. The number of amides is 1. The minimum Gasteiger partial charge on any atom is -0.349 e. The third-order valence-corrected chi connectivity index (χ3v) is 6.35. The van der Waals surface area contributed by atoms with Crippen LogP contribution in [0.3, 0.4) is 0 Å². The van der Waals surface area contributed by atoms with Gasteiger partial charge >= 0.3 is 0 Å². The maximum absolute atomic E-state index is 13.6. The van der Waals surface area contributed by atoms with Crippen LogP contribution in [0.5, 0.6) is 0 Å². The molecule has 0 bridgehead atoms. The molecular formula is C19H17BrFNOS. The van der Waals surface area contributed by atoms with Crippen molar-refractivity contribution in [2.24, 2.45) is 5.92 Å². The zero-order valence-electron chi connectivity index (χ0n) is 13.0. The third kappa shape index (κ3) is 3.24. The van der Waals surface area contributed by atoms with Gasteiger partial charge in [-0.15, -0.1) is 11.8 Å². The molecule has 2 nitrogen and oxygen atoms in total. The average molecular weight is 406 g/mol. The van der Waals surface area contributed by atoms with E-state index in [0.717, 1.165) is 33.5 Å². The normalized spacial score (nSPS) is 25.0. The standard InChI is InChI=1S/C19H17BrFNOS/c20-12-3-1-2-11(8-12)14-10-15(14)19(23)22-17-6-7-24-18-5-4-13(21)9-16(17)18/h1-5,8-9,14-15,17H,6-7,10H2,(H,22,23). The summed E-state index contributed by atoms with van der Waals surface area (Å²) in [5.74, 6) is 1.13. The van der Waals surface area contributed by atoms with Crippen molar-refractivity contribution in [2.45, 2.75) is 29.7 Å². The molecule has 124 valence electrons. The van der Waals surface area contributed by atoms with Crippen LogP contribution in [0.4, 0.5) is 4.39 Å². The number of hydrogen-bond acceptors (Lipinski definition) is 2. The van der Waals surface area contributed by atoms with Crippen LogP contribution in [0.15, 0.2) is 51.8 Å². The number of carbonyl (C=O) groups is 1. The second-order valence-electron chi connectivity index (χ2n) is 6.38. The van der Waals surface area contributed by atoms with Crippen LogP contribution in [-0.2, 0) is 4.79 Å². The van der Waals surface area contributed by atoms with Crippen LogP contribution in [-0.4, -0.2) is 11.7 Å². The van der Waals surface area contributed by atoms with Gasteiger partial charge in [0.05, 0.1) is 6.04 Å². The summed E-state index contributed by atoms with van der Waals surface area (Å²) in [4.78, 5) is 13.7. The van der Waals surface area contributed by atoms with Gasteiger partial charge in [0.2, 0.25) is 5.91 Å². The van der Waals surface area contributed by atoms with Crippen molar-refractivity contribution < 1.29 is 9.18 Å². The van der Waals surface area contributed by atoms with E-state index < -0.39 is 0 Å². The summed E-state index contributed by atoms with van der Waals surface area (Å²) in [6.07, 6.45) is 1.74. The average Bonchev–Trinajstić information content (AvgIpc) is 3.36. The van der Waals surface area contributed by atoms with Crippen LogP contribution in [0.25, 0.3) is 0 Å². The summed E-state index contributed by atoms with van der Waals surface area (Å²) in [5.41, 5.74) is 2.12. The van der Waals surface area contributed by atoms with E-state index in [0.29, 0.717) is 5.92 Å². The molecule has 0 aromatic heterocycles. The van der Waals surface area contributed by atoms with Gasteiger partial charge in [0, 0.05) is 21.0 Å². The zero-order chi connectivity index (χ0) is 16.7. The number of fused-ring (bicyclic) bond motifs is 1. The van der Waals surface area contributed by atoms with Gasteiger partial charge in [-0.1, -0.05) is 28.1 Å². The Bertz CT molecular complexity index is 797. The van der Waals surface area contributed by atoms with E-state index in [1.807, 2.05) is 18.2 Å². The predicted molar refractivity (Wildman–Crippen MR) is 97.6 cm³/mol. The number of carbonyl (C=O) groups excluding carboxylic acids is 1. The van der Waals surface area contributed by atoms with Crippen molar-refractivity contribution in [1.82, 2.24) is 5.32 Å². The van der Waals surface area contributed by atoms with Gasteiger partial charge in [0.25, 0.3) is 0 Å². The van der Waals surface area contributed by atoms with Crippen molar-refractivity contribution in [3.05, 3.63) is 63.9 Å². The minimum atomic E-state index is -0.242. The Labute approximate surface area is 153 Å². The Balaban J connectivity index is 1.46. The molecule has 1 aliphatic carbocycles. The molecule has 24 heavy (non-hydrogen) atoms. The second kappa shape index (κ2) is 6.52. The van der Waals surface area contributed by atoms with E-state index in [1.165, 1.54) is 11.6 Å². The SMILES string of the molecule is O=C(NC1CCSc2ccc(F)cc21)C1CC1c1cccc(Br)c1. The highest BCUT2D eigenvalue weighted by atomic mass is 79.9. The maximum atomic E-state index is 13.6. The number of nitrogens with one attached hydrogen (secondary N) is 1. The van der Waals surface area contributed by atoms with E-state index in [9.17, 15) is 9.18 Å². The molecule has 1 aliphatic heterocycles. The summed E-state index contributed by atoms with van der Waals surface area (Å²) in [5, 5.41) is 3.15. The lowest BCUT2D eigenvalue weighted by molar-refractivity contribution is -0.123. The number of hydrogen-bond donors (Lipinski definition) is 1. The first-order chi connectivity index (χ1) is 11.6. The van der Waals surface area contributed by atoms with Gasteiger partial charge in [-0.25, -0.2) is 4.39 Å². The summed E-state index contributed by atoms with van der Waals surface area (Å²) in [7, 11) is 0. The monoisotopic (exact) mass is 405 g/mol. The van der Waals surface area contributed by atoms with Crippen LogP contribution < -0.4 is 5.32 Å². The zero-order valence-corrected chi connectivity index (χ0v) is 15.4. The molecular weight excluding hydrogens is 389 g/mol. The van der Waals surface area contributed by atoms with Crippen molar-refractivity contribution in [3.8, 4) is 0 Å². The lowest BCUT2D eigenvalue weighted by atomic mass is 10.0.